The molecular formula is C14H19ClN2O2S. The summed E-state index contributed by atoms with van der Waals surface area (Å²) >= 11 is 6.21. The Morgan fingerprint density at radius 1 is 1.35 bits per heavy atom. The zero-order valence-electron chi connectivity index (χ0n) is 12.1. The lowest BCUT2D eigenvalue weighted by atomic mass is 10.2. The quantitative estimate of drug-likeness (QED) is 0.814. The Balaban J connectivity index is 2.66. The van der Waals surface area contributed by atoms with Gasteiger partial charge in [0.2, 0.25) is 0 Å². The lowest BCUT2D eigenvalue weighted by Crippen LogP contribution is -2.18. The van der Waals surface area contributed by atoms with Crippen LogP contribution in [0.4, 0.5) is 0 Å². The number of hydrogen-bond acceptors (Lipinski definition) is 3. The summed E-state index contributed by atoms with van der Waals surface area (Å²) in [7, 11) is -3.06. The molecule has 110 valence electrons. The van der Waals surface area contributed by atoms with Crippen molar-refractivity contribution < 1.29 is 8.42 Å². The van der Waals surface area contributed by atoms with Crippen LogP contribution in [0.1, 0.15) is 36.7 Å². The van der Waals surface area contributed by atoms with Crippen LogP contribution in [0, 0.1) is 6.92 Å². The highest BCUT2D eigenvalue weighted by atomic mass is 35.5. The van der Waals surface area contributed by atoms with Gasteiger partial charge in [-0.3, -0.25) is 0 Å². The molecule has 0 aliphatic heterocycles. The van der Waals surface area contributed by atoms with Gasteiger partial charge in [0.25, 0.3) is 0 Å². The van der Waals surface area contributed by atoms with E-state index in [1.807, 2.05) is 43.5 Å². The maximum absolute atomic E-state index is 11.6. The molecule has 0 aliphatic rings. The van der Waals surface area contributed by atoms with Crippen molar-refractivity contribution in [2.75, 3.05) is 12.0 Å². The summed E-state index contributed by atoms with van der Waals surface area (Å²) in [6.45, 7) is 5.72. The molecule has 2 aromatic rings. The molecule has 0 amide bonds. The molecule has 2 unspecified atom stereocenters. The third-order valence-electron chi connectivity index (χ3n) is 3.29. The van der Waals surface area contributed by atoms with Crippen molar-refractivity contribution in [1.29, 1.82) is 0 Å². The zero-order valence-corrected chi connectivity index (χ0v) is 13.7. The van der Waals surface area contributed by atoms with Gasteiger partial charge >= 0.3 is 0 Å². The highest BCUT2D eigenvalue weighted by Crippen LogP contribution is 2.29. The lowest BCUT2D eigenvalue weighted by Gasteiger charge is -2.17. The number of fused-ring (bicyclic) bond motifs is 1. The number of alkyl halides is 1. The van der Waals surface area contributed by atoms with Gasteiger partial charge in [0.15, 0.2) is 0 Å². The molecule has 2 atom stereocenters. The third-order valence-corrected chi connectivity index (χ3v) is 4.57. The number of aryl methyl sites for hydroxylation is 1. The van der Waals surface area contributed by atoms with Gasteiger partial charge in [0.1, 0.15) is 15.7 Å². The first kappa shape index (κ1) is 15.3. The van der Waals surface area contributed by atoms with E-state index in [1.54, 1.807) is 0 Å². The average Bonchev–Trinajstić information content (AvgIpc) is 2.67. The zero-order chi connectivity index (χ0) is 15.1. The fourth-order valence-corrected chi connectivity index (χ4v) is 3.71. The van der Waals surface area contributed by atoms with Gasteiger partial charge in [-0.1, -0.05) is 12.1 Å². The van der Waals surface area contributed by atoms with E-state index in [0.29, 0.717) is 5.82 Å². The summed E-state index contributed by atoms with van der Waals surface area (Å²) in [5.41, 5.74) is 2.88. The number of benzene rings is 1. The third kappa shape index (κ3) is 2.99. The van der Waals surface area contributed by atoms with E-state index in [1.165, 1.54) is 6.26 Å². The molecule has 0 N–H and O–H groups in total. The van der Waals surface area contributed by atoms with E-state index >= 15 is 0 Å². The minimum Gasteiger partial charge on any atom is -0.323 e. The van der Waals surface area contributed by atoms with Crippen molar-refractivity contribution in [2.45, 2.75) is 32.2 Å². The number of imidazole rings is 1. The van der Waals surface area contributed by atoms with Crippen molar-refractivity contribution in [3.63, 3.8) is 0 Å². The summed E-state index contributed by atoms with van der Waals surface area (Å²) < 4.78 is 25.1. The predicted molar refractivity (Wildman–Crippen MR) is 83.2 cm³/mol. The Morgan fingerprint density at radius 3 is 2.55 bits per heavy atom. The van der Waals surface area contributed by atoms with Gasteiger partial charge in [-0.2, -0.15) is 0 Å². The molecule has 1 aromatic carbocycles. The van der Waals surface area contributed by atoms with Crippen LogP contribution in [0.15, 0.2) is 18.2 Å². The number of para-hydroxylation sites is 1. The van der Waals surface area contributed by atoms with Crippen LogP contribution in [-0.4, -0.2) is 30.0 Å². The first-order valence-electron chi connectivity index (χ1n) is 6.50. The van der Waals surface area contributed by atoms with E-state index in [0.717, 1.165) is 16.6 Å². The number of sulfone groups is 1. The first-order valence-corrected chi connectivity index (χ1v) is 8.99. The molecule has 0 radical (unpaired) electrons. The summed E-state index contributed by atoms with van der Waals surface area (Å²) in [5, 5.41) is -0.274. The standard InChI is InChI=1S/C14H19ClN2O2S/c1-9-6-5-7-12-13(9)16-14(11(3)15)17(12)10(2)8-20(4,18)19/h5-7,10-11H,8H2,1-4H3. The predicted octanol–water partition coefficient (Wildman–Crippen LogP) is 3.25. The van der Waals surface area contributed by atoms with Crippen LogP contribution in [0.3, 0.4) is 0 Å². The molecule has 0 saturated carbocycles. The Labute approximate surface area is 124 Å². The van der Waals surface area contributed by atoms with Crippen molar-refractivity contribution in [3.05, 3.63) is 29.6 Å². The minimum absolute atomic E-state index is 0.0724. The molecule has 0 aliphatic carbocycles. The van der Waals surface area contributed by atoms with Crippen molar-refractivity contribution in [2.24, 2.45) is 0 Å². The molecular weight excluding hydrogens is 296 g/mol. The smallest absolute Gasteiger partial charge is 0.149 e. The van der Waals surface area contributed by atoms with Gasteiger partial charge in [0, 0.05) is 12.3 Å². The average molecular weight is 315 g/mol. The molecule has 0 bridgehead atoms. The molecule has 1 aromatic heterocycles. The maximum atomic E-state index is 11.6. The van der Waals surface area contributed by atoms with Crippen molar-refractivity contribution >= 4 is 32.5 Å². The molecule has 4 nitrogen and oxygen atoms in total. The summed E-state index contributed by atoms with van der Waals surface area (Å²) in [6.07, 6.45) is 1.25. The SMILES string of the molecule is Cc1cccc2c1nc(C(C)Cl)n2C(C)CS(C)(=O)=O. The van der Waals surface area contributed by atoms with E-state index in [-0.39, 0.29) is 17.2 Å². The summed E-state index contributed by atoms with van der Waals surface area (Å²) in [4.78, 5) is 4.60. The number of hydrogen-bond donors (Lipinski definition) is 0. The molecule has 0 saturated heterocycles. The van der Waals surface area contributed by atoms with Gasteiger partial charge in [-0.05, 0) is 32.4 Å². The number of aromatic nitrogens is 2. The topological polar surface area (TPSA) is 52.0 Å². The molecule has 2 rings (SSSR count). The highest BCUT2D eigenvalue weighted by molar-refractivity contribution is 7.90. The number of nitrogens with zero attached hydrogens (tertiary/aromatic N) is 2. The number of rotatable bonds is 4. The van der Waals surface area contributed by atoms with E-state index < -0.39 is 9.84 Å². The van der Waals surface area contributed by atoms with Crippen LogP contribution >= 0.6 is 11.6 Å². The Morgan fingerprint density at radius 2 is 2.00 bits per heavy atom. The molecule has 6 heteroatoms. The van der Waals surface area contributed by atoms with Crippen LogP contribution in [0.25, 0.3) is 11.0 Å². The van der Waals surface area contributed by atoms with Crippen LogP contribution in [-0.2, 0) is 9.84 Å². The van der Waals surface area contributed by atoms with Gasteiger partial charge in [0.05, 0.1) is 22.2 Å². The molecule has 1 heterocycles. The fourth-order valence-electron chi connectivity index (χ4n) is 2.53. The normalized spacial score (nSPS) is 15.4. The lowest BCUT2D eigenvalue weighted by molar-refractivity contribution is 0.555. The summed E-state index contributed by atoms with van der Waals surface area (Å²) in [6, 6.07) is 5.69. The Hall–Kier alpha value is -1.07. The van der Waals surface area contributed by atoms with Crippen LogP contribution in [0.2, 0.25) is 0 Å². The maximum Gasteiger partial charge on any atom is 0.149 e. The Kier molecular flexibility index (Phi) is 4.12. The van der Waals surface area contributed by atoms with Crippen LogP contribution in [0.5, 0.6) is 0 Å². The van der Waals surface area contributed by atoms with E-state index in [4.69, 9.17) is 11.6 Å². The second-order valence-electron chi connectivity index (χ2n) is 5.34. The second kappa shape index (κ2) is 5.37. The molecule has 0 fully saturated rings. The summed E-state index contributed by atoms with van der Waals surface area (Å²) in [5.74, 6) is 0.787. The molecule has 0 spiro atoms. The Bertz CT molecular complexity index is 735. The van der Waals surface area contributed by atoms with Crippen molar-refractivity contribution in [3.8, 4) is 0 Å². The van der Waals surface area contributed by atoms with E-state index in [9.17, 15) is 8.42 Å². The molecule has 20 heavy (non-hydrogen) atoms. The second-order valence-corrected chi connectivity index (χ2v) is 8.18. The minimum atomic E-state index is -3.06. The number of halogens is 1. The first-order chi connectivity index (χ1) is 9.20. The van der Waals surface area contributed by atoms with Gasteiger partial charge in [-0.15, -0.1) is 11.6 Å². The van der Waals surface area contributed by atoms with Crippen molar-refractivity contribution in [1.82, 2.24) is 9.55 Å². The highest BCUT2D eigenvalue weighted by Gasteiger charge is 2.22. The monoisotopic (exact) mass is 314 g/mol. The van der Waals surface area contributed by atoms with Gasteiger partial charge in [-0.25, -0.2) is 13.4 Å². The van der Waals surface area contributed by atoms with Crippen LogP contribution < -0.4 is 0 Å². The fraction of sp³-hybridized carbons (Fsp3) is 0.500. The van der Waals surface area contributed by atoms with Gasteiger partial charge < -0.3 is 4.57 Å². The largest absolute Gasteiger partial charge is 0.323 e. The van der Waals surface area contributed by atoms with E-state index in [2.05, 4.69) is 4.98 Å².